The molecule has 1 amide bonds. The summed E-state index contributed by atoms with van der Waals surface area (Å²) in [6, 6.07) is 5.54. The summed E-state index contributed by atoms with van der Waals surface area (Å²) in [5, 5.41) is 0.602. The van der Waals surface area contributed by atoms with Crippen molar-refractivity contribution in [1.82, 2.24) is 4.90 Å². The van der Waals surface area contributed by atoms with E-state index in [4.69, 9.17) is 28.9 Å². The van der Waals surface area contributed by atoms with E-state index in [-0.39, 0.29) is 11.8 Å². The van der Waals surface area contributed by atoms with Gasteiger partial charge in [-0.3, -0.25) is 4.79 Å². The lowest BCUT2D eigenvalue weighted by molar-refractivity contribution is -0.131. The first-order chi connectivity index (χ1) is 10.5. The number of hydrogen-bond donors (Lipinski definition) is 1. The van der Waals surface area contributed by atoms with Crippen LogP contribution in [0.5, 0.6) is 0 Å². The lowest BCUT2D eigenvalue weighted by Gasteiger charge is -2.36. The van der Waals surface area contributed by atoms with Crippen molar-refractivity contribution in [3.8, 4) is 0 Å². The molecule has 1 aromatic rings. The number of rotatable bonds is 4. The monoisotopic (exact) mass is 342 g/mol. The van der Waals surface area contributed by atoms with E-state index in [2.05, 4.69) is 9.89 Å². The average molecular weight is 343 g/mol. The maximum Gasteiger partial charge on any atom is 0.222 e. The largest absolute Gasteiger partial charge is 0.386 e. The Hall–Kier alpha value is -1.46. The zero-order chi connectivity index (χ0) is 16.1. The van der Waals surface area contributed by atoms with Crippen molar-refractivity contribution < 1.29 is 4.79 Å². The van der Waals surface area contributed by atoms with Crippen LogP contribution < -0.4 is 10.6 Å². The second-order valence-corrected chi connectivity index (χ2v) is 5.79. The van der Waals surface area contributed by atoms with Crippen LogP contribution in [-0.2, 0) is 4.79 Å². The van der Waals surface area contributed by atoms with Gasteiger partial charge in [-0.2, -0.15) is 0 Å². The fraction of sp³-hybridized carbons (Fsp3) is 0.467. The number of carbonyl (C=O) groups excluding carboxylic acids is 1. The molecular weight excluding hydrogens is 323 g/mol. The topological polar surface area (TPSA) is 61.9 Å². The highest BCUT2D eigenvalue weighted by Crippen LogP contribution is 2.32. The van der Waals surface area contributed by atoms with Gasteiger partial charge in [0.05, 0.1) is 17.3 Å². The Bertz CT molecular complexity index is 569. The van der Waals surface area contributed by atoms with E-state index in [1.165, 1.54) is 0 Å². The van der Waals surface area contributed by atoms with Gasteiger partial charge >= 0.3 is 0 Å². The van der Waals surface area contributed by atoms with Crippen molar-refractivity contribution in [2.24, 2.45) is 10.7 Å². The summed E-state index contributed by atoms with van der Waals surface area (Å²) in [7, 11) is 0. The van der Waals surface area contributed by atoms with Crippen molar-refractivity contribution in [3.63, 3.8) is 0 Å². The van der Waals surface area contributed by atoms with E-state index in [1.807, 2.05) is 24.0 Å². The van der Waals surface area contributed by atoms with Crippen LogP contribution in [0.15, 0.2) is 23.2 Å². The minimum absolute atomic E-state index is 0.171. The summed E-state index contributed by atoms with van der Waals surface area (Å²) < 4.78 is 0. The van der Waals surface area contributed by atoms with Gasteiger partial charge in [-0.05, 0) is 18.2 Å². The number of benzene rings is 1. The molecule has 0 aliphatic carbocycles. The van der Waals surface area contributed by atoms with Gasteiger partial charge in [-0.15, -0.1) is 11.6 Å². The van der Waals surface area contributed by atoms with E-state index in [9.17, 15) is 4.79 Å². The molecule has 2 N–H and O–H groups in total. The Morgan fingerprint density at radius 1 is 1.32 bits per heavy atom. The highest BCUT2D eigenvalue weighted by molar-refractivity contribution is 6.31. The number of halogens is 2. The van der Waals surface area contributed by atoms with Gasteiger partial charge in [0.1, 0.15) is 5.84 Å². The van der Waals surface area contributed by atoms with Crippen molar-refractivity contribution in [2.75, 3.05) is 37.0 Å². The van der Waals surface area contributed by atoms with Crippen LogP contribution in [-0.4, -0.2) is 48.7 Å². The minimum Gasteiger partial charge on any atom is -0.386 e. The number of nitrogens with zero attached hydrogens (tertiary/aromatic N) is 3. The molecule has 1 aromatic carbocycles. The van der Waals surface area contributed by atoms with Crippen molar-refractivity contribution in [3.05, 3.63) is 23.2 Å². The molecule has 1 heterocycles. The van der Waals surface area contributed by atoms with Crippen LogP contribution in [0, 0.1) is 0 Å². The lowest BCUT2D eigenvalue weighted by atomic mass is 10.2. The molecule has 0 atom stereocenters. The highest BCUT2D eigenvalue weighted by Gasteiger charge is 2.21. The number of alkyl halides is 1. The van der Waals surface area contributed by atoms with Crippen LogP contribution >= 0.6 is 23.2 Å². The average Bonchev–Trinajstić information content (AvgIpc) is 2.54. The molecule has 1 aliphatic rings. The SMILES string of the molecule is CCC(=O)N1CCN(c2ccc(Cl)cc2N=C(N)CCl)CC1. The second kappa shape index (κ2) is 7.70. The normalized spacial score (nSPS) is 16.0. The van der Waals surface area contributed by atoms with Gasteiger partial charge in [-0.25, -0.2) is 4.99 Å². The van der Waals surface area contributed by atoms with Gasteiger partial charge in [0.2, 0.25) is 5.91 Å². The molecule has 22 heavy (non-hydrogen) atoms. The second-order valence-electron chi connectivity index (χ2n) is 5.09. The molecule has 0 spiro atoms. The van der Waals surface area contributed by atoms with Gasteiger partial charge in [0.25, 0.3) is 0 Å². The van der Waals surface area contributed by atoms with Gasteiger partial charge in [0.15, 0.2) is 0 Å². The van der Waals surface area contributed by atoms with Crippen LogP contribution in [0.4, 0.5) is 11.4 Å². The van der Waals surface area contributed by atoms with Gasteiger partial charge in [0, 0.05) is 37.6 Å². The van der Waals surface area contributed by atoms with Crippen LogP contribution in [0.3, 0.4) is 0 Å². The Kier molecular flexibility index (Phi) is 5.91. The first kappa shape index (κ1) is 16.9. The zero-order valence-electron chi connectivity index (χ0n) is 12.6. The highest BCUT2D eigenvalue weighted by atomic mass is 35.5. The number of hydrogen-bond acceptors (Lipinski definition) is 3. The van der Waals surface area contributed by atoms with Gasteiger partial charge < -0.3 is 15.5 Å². The molecule has 5 nitrogen and oxygen atoms in total. The summed E-state index contributed by atoms with van der Waals surface area (Å²) >= 11 is 11.8. The minimum atomic E-state index is 0.171. The van der Waals surface area contributed by atoms with Crippen LogP contribution in [0.2, 0.25) is 5.02 Å². The van der Waals surface area contributed by atoms with Crippen LogP contribution in [0.1, 0.15) is 13.3 Å². The standard InChI is InChI=1S/C15H20Cl2N4O/c1-2-15(22)21-7-5-20(6-8-21)13-4-3-11(17)9-12(13)19-14(18)10-16/h3-4,9H,2,5-8,10H2,1H3,(H2,18,19). The molecule has 0 saturated carbocycles. The number of nitrogens with two attached hydrogens (primary N) is 1. The quantitative estimate of drug-likeness (QED) is 0.519. The Morgan fingerprint density at radius 2 is 2.00 bits per heavy atom. The number of carbonyl (C=O) groups is 1. The van der Waals surface area contributed by atoms with E-state index in [0.717, 1.165) is 18.8 Å². The van der Waals surface area contributed by atoms with Crippen molar-refractivity contribution in [1.29, 1.82) is 0 Å². The molecule has 0 radical (unpaired) electrons. The van der Waals surface area contributed by atoms with E-state index >= 15 is 0 Å². The third-order valence-electron chi connectivity index (χ3n) is 3.61. The number of aliphatic imine (C=N–C) groups is 1. The number of amides is 1. The molecule has 1 saturated heterocycles. The third-order valence-corrected chi connectivity index (χ3v) is 4.12. The predicted molar refractivity (Wildman–Crippen MR) is 92.5 cm³/mol. The Labute approximate surface area is 140 Å². The lowest BCUT2D eigenvalue weighted by Crippen LogP contribution is -2.48. The van der Waals surface area contributed by atoms with E-state index in [0.29, 0.717) is 36.1 Å². The zero-order valence-corrected chi connectivity index (χ0v) is 14.1. The fourth-order valence-corrected chi connectivity index (χ4v) is 2.68. The first-order valence-electron chi connectivity index (χ1n) is 7.26. The molecule has 120 valence electrons. The molecule has 0 unspecified atom stereocenters. The van der Waals surface area contributed by atoms with E-state index in [1.54, 1.807) is 6.07 Å². The summed E-state index contributed by atoms with van der Waals surface area (Å²) in [6.45, 7) is 4.83. The first-order valence-corrected chi connectivity index (χ1v) is 8.17. The van der Waals surface area contributed by atoms with Gasteiger partial charge in [-0.1, -0.05) is 18.5 Å². The number of amidine groups is 1. The summed E-state index contributed by atoms with van der Waals surface area (Å²) in [5.41, 5.74) is 7.41. The fourth-order valence-electron chi connectivity index (χ4n) is 2.46. The Balaban J connectivity index is 2.18. The predicted octanol–water partition coefficient (Wildman–Crippen LogP) is 2.63. The number of anilines is 1. The maximum atomic E-state index is 11.7. The smallest absolute Gasteiger partial charge is 0.222 e. The Morgan fingerprint density at radius 3 is 2.59 bits per heavy atom. The summed E-state index contributed by atoms with van der Waals surface area (Å²) in [5.74, 6) is 0.718. The maximum absolute atomic E-state index is 11.7. The van der Waals surface area contributed by atoms with Crippen molar-refractivity contribution in [2.45, 2.75) is 13.3 Å². The molecule has 0 bridgehead atoms. The molecular formula is C15H20Cl2N4O. The number of piperazine rings is 1. The molecule has 1 aliphatic heterocycles. The summed E-state index contributed by atoms with van der Waals surface area (Å²) in [6.07, 6.45) is 0.544. The molecule has 2 rings (SSSR count). The van der Waals surface area contributed by atoms with Crippen LogP contribution in [0.25, 0.3) is 0 Å². The molecule has 7 heteroatoms. The summed E-state index contributed by atoms with van der Waals surface area (Å²) in [4.78, 5) is 20.2. The molecule has 1 fully saturated rings. The van der Waals surface area contributed by atoms with E-state index < -0.39 is 0 Å². The third kappa shape index (κ3) is 4.05. The molecule has 0 aromatic heterocycles. The van der Waals surface area contributed by atoms with Crippen molar-refractivity contribution >= 4 is 46.3 Å².